The van der Waals surface area contributed by atoms with Gasteiger partial charge in [-0.3, -0.25) is 0 Å². The van der Waals surface area contributed by atoms with Crippen molar-refractivity contribution < 1.29 is 18.3 Å². The summed E-state index contributed by atoms with van der Waals surface area (Å²) in [6, 6.07) is 5.39. The fourth-order valence-electron chi connectivity index (χ4n) is 1.49. The lowest BCUT2D eigenvalue weighted by Gasteiger charge is -2.08. The molecular weight excluding hydrogens is 269 g/mol. The van der Waals surface area contributed by atoms with Crippen LogP contribution in [-0.2, 0) is 12.8 Å². The van der Waals surface area contributed by atoms with E-state index in [9.17, 15) is 13.2 Å². The Morgan fingerprint density at radius 2 is 2.00 bits per heavy atom. The predicted octanol–water partition coefficient (Wildman–Crippen LogP) is 3.04. The summed E-state index contributed by atoms with van der Waals surface area (Å²) in [6.45, 7) is -0.312. The fraction of sp³-hybridized carbons (Fsp3) is 0.182. The summed E-state index contributed by atoms with van der Waals surface area (Å²) in [4.78, 5) is 0. The Balaban J connectivity index is 2.49. The molecule has 0 fully saturated rings. The van der Waals surface area contributed by atoms with Crippen LogP contribution >= 0.6 is 11.6 Å². The number of aromatic nitrogens is 2. The topological polar surface area (TPSA) is 38.0 Å². The molecule has 96 valence electrons. The van der Waals surface area contributed by atoms with Gasteiger partial charge in [-0.15, -0.1) is 0 Å². The normalized spacial score (nSPS) is 11.8. The first kappa shape index (κ1) is 12.9. The summed E-state index contributed by atoms with van der Waals surface area (Å²) in [5.41, 5.74) is -0.233. The van der Waals surface area contributed by atoms with E-state index < -0.39 is 11.9 Å². The average molecular weight is 277 g/mol. The second kappa shape index (κ2) is 4.62. The SMILES string of the molecule is OCc1ccc(Cl)cc1-n1ccc(C(F)(F)F)n1. The van der Waals surface area contributed by atoms with Crippen LogP contribution in [0.1, 0.15) is 11.3 Å². The Labute approximate surface area is 105 Å². The highest BCUT2D eigenvalue weighted by Crippen LogP contribution is 2.28. The molecule has 0 radical (unpaired) electrons. The molecule has 1 heterocycles. The lowest BCUT2D eigenvalue weighted by molar-refractivity contribution is -0.141. The van der Waals surface area contributed by atoms with Gasteiger partial charge in [0, 0.05) is 16.8 Å². The fourth-order valence-corrected chi connectivity index (χ4v) is 1.66. The van der Waals surface area contributed by atoms with Gasteiger partial charge in [0.05, 0.1) is 12.3 Å². The van der Waals surface area contributed by atoms with Gasteiger partial charge in [0.1, 0.15) is 0 Å². The molecule has 0 atom stereocenters. The minimum absolute atomic E-state index is 0.312. The molecule has 0 bridgehead atoms. The summed E-state index contributed by atoms with van der Waals surface area (Å²) < 4.78 is 38.3. The zero-order chi connectivity index (χ0) is 13.3. The lowest BCUT2D eigenvalue weighted by atomic mass is 10.2. The van der Waals surface area contributed by atoms with Crippen LogP contribution in [0.5, 0.6) is 0 Å². The van der Waals surface area contributed by atoms with Gasteiger partial charge in [-0.05, 0) is 18.2 Å². The zero-order valence-electron chi connectivity index (χ0n) is 8.95. The summed E-state index contributed by atoms with van der Waals surface area (Å²) in [5.74, 6) is 0. The molecule has 1 N–H and O–H groups in total. The Hall–Kier alpha value is -1.53. The molecule has 0 aliphatic carbocycles. The molecule has 1 aromatic heterocycles. The molecule has 7 heteroatoms. The standard InChI is InChI=1S/C11H8ClF3N2O/c12-8-2-1-7(6-18)9(5-8)17-4-3-10(16-17)11(13,14)15/h1-5,18H,6H2. The smallest absolute Gasteiger partial charge is 0.392 e. The van der Waals surface area contributed by atoms with E-state index in [0.29, 0.717) is 16.3 Å². The molecule has 3 nitrogen and oxygen atoms in total. The van der Waals surface area contributed by atoms with Crippen LogP contribution in [-0.4, -0.2) is 14.9 Å². The van der Waals surface area contributed by atoms with Crippen LogP contribution < -0.4 is 0 Å². The Morgan fingerprint density at radius 1 is 1.28 bits per heavy atom. The maximum atomic E-state index is 12.4. The monoisotopic (exact) mass is 276 g/mol. The molecule has 0 saturated heterocycles. The maximum Gasteiger partial charge on any atom is 0.435 e. The van der Waals surface area contributed by atoms with Crippen molar-refractivity contribution in [2.75, 3.05) is 0 Å². The molecular formula is C11H8ClF3N2O. The van der Waals surface area contributed by atoms with E-state index in [1.165, 1.54) is 18.3 Å². The summed E-state index contributed by atoms with van der Waals surface area (Å²) >= 11 is 5.78. The number of halogens is 4. The third-order valence-electron chi connectivity index (χ3n) is 2.34. The van der Waals surface area contributed by atoms with Gasteiger partial charge in [0.25, 0.3) is 0 Å². The van der Waals surface area contributed by atoms with Gasteiger partial charge in [-0.2, -0.15) is 18.3 Å². The van der Waals surface area contributed by atoms with E-state index in [-0.39, 0.29) is 6.61 Å². The number of benzene rings is 1. The van der Waals surface area contributed by atoms with Gasteiger partial charge in [0.2, 0.25) is 0 Å². The molecule has 0 aliphatic rings. The molecule has 0 amide bonds. The summed E-state index contributed by atoms with van der Waals surface area (Å²) in [7, 11) is 0. The van der Waals surface area contributed by atoms with Crippen molar-refractivity contribution in [2.24, 2.45) is 0 Å². The van der Waals surface area contributed by atoms with E-state index in [4.69, 9.17) is 16.7 Å². The van der Waals surface area contributed by atoms with Crippen LogP contribution in [0.2, 0.25) is 5.02 Å². The van der Waals surface area contributed by atoms with E-state index in [1.54, 1.807) is 6.07 Å². The highest BCUT2D eigenvalue weighted by molar-refractivity contribution is 6.30. The van der Waals surface area contributed by atoms with Gasteiger partial charge >= 0.3 is 6.18 Å². The molecule has 2 rings (SSSR count). The highest BCUT2D eigenvalue weighted by Gasteiger charge is 2.33. The quantitative estimate of drug-likeness (QED) is 0.915. The largest absolute Gasteiger partial charge is 0.435 e. The van der Waals surface area contributed by atoms with Gasteiger partial charge < -0.3 is 5.11 Å². The van der Waals surface area contributed by atoms with Crippen molar-refractivity contribution in [2.45, 2.75) is 12.8 Å². The first-order valence-corrected chi connectivity index (χ1v) is 5.32. The van der Waals surface area contributed by atoms with Crippen molar-refractivity contribution in [3.63, 3.8) is 0 Å². The van der Waals surface area contributed by atoms with Gasteiger partial charge in [-0.25, -0.2) is 4.68 Å². The lowest BCUT2D eigenvalue weighted by Crippen LogP contribution is -2.08. The molecule has 0 aliphatic heterocycles. The van der Waals surface area contributed by atoms with Crippen LogP contribution in [0.15, 0.2) is 30.5 Å². The Kier molecular flexibility index (Phi) is 3.32. The first-order valence-electron chi connectivity index (χ1n) is 4.94. The highest BCUT2D eigenvalue weighted by atomic mass is 35.5. The number of rotatable bonds is 2. The zero-order valence-corrected chi connectivity index (χ0v) is 9.70. The summed E-state index contributed by atoms with van der Waals surface area (Å²) in [6.07, 6.45) is -3.32. The third kappa shape index (κ3) is 2.49. The molecule has 1 aromatic carbocycles. The maximum absolute atomic E-state index is 12.4. The molecule has 2 aromatic rings. The predicted molar refractivity (Wildman–Crippen MR) is 59.5 cm³/mol. The van der Waals surface area contributed by atoms with Crippen LogP contribution in [0.25, 0.3) is 5.69 Å². The van der Waals surface area contributed by atoms with Crippen molar-refractivity contribution >= 4 is 11.6 Å². The number of nitrogens with zero attached hydrogens (tertiary/aromatic N) is 2. The minimum Gasteiger partial charge on any atom is -0.392 e. The number of alkyl halides is 3. The summed E-state index contributed by atoms with van der Waals surface area (Å²) in [5, 5.41) is 12.9. The van der Waals surface area contributed by atoms with Crippen LogP contribution in [0.3, 0.4) is 0 Å². The van der Waals surface area contributed by atoms with Crippen molar-refractivity contribution in [1.29, 1.82) is 0 Å². The first-order chi connectivity index (χ1) is 8.41. The van der Waals surface area contributed by atoms with Gasteiger partial charge in [0.15, 0.2) is 5.69 Å². The third-order valence-corrected chi connectivity index (χ3v) is 2.58. The average Bonchev–Trinajstić information content (AvgIpc) is 2.77. The van der Waals surface area contributed by atoms with E-state index in [1.807, 2.05) is 0 Å². The van der Waals surface area contributed by atoms with E-state index >= 15 is 0 Å². The number of hydrogen-bond acceptors (Lipinski definition) is 2. The van der Waals surface area contributed by atoms with Crippen molar-refractivity contribution in [3.8, 4) is 5.69 Å². The molecule has 0 spiro atoms. The number of aliphatic hydroxyl groups is 1. The minimum atomic E-state index is -4.50. The van der Waals surface area contributed by atoms with Crippen LogP contribution in [0.4, 0.5) is 13.2 Å². The van der Waals surface area contributed by atoms with E-state index in [0.717, 1.165) is 10.7 Å². The molecule has 18 heavy (non-hydrogen) atoms. The van der Waals surface area contributed by atoms with Crippen molar-refractivity contribution in [1.82, 2.24) is 9.78 Å². The Morgan fingerprint density at radius 3 is 2.56 bits per heavy atom. The molecule has 0 unspecified atom stereocenters. The number of hydrogen-bond donors (Lipinski definition) is 1. The van der Waals surface area contributed by atoms with Gasteiger partial charge in [-0.1, -0.05) is 17.7 Å². The second-order valence-electron chi connectivity index (χ2n) is 3.57. The van der Waals surface area contributed by atoms with Crippen molar-refractivity contribution in [3.05, 3.63) is 46.7 Å². The number of aliphatic hydroxyl groups excluding tert-OH is 1. The van der Waals surface area contributed by atoms with E-state index in [2.05, 4.69) is 5.10 Å². The van der Waals surface area contributed by atoms with Crippen LogP contribution in [0, 0.1) is 0 Å². The Bertz CT molecular complexity index is 566. The molecule has 0 saturated carbocycles. The second-order valence-corrected chi connectivity index (χ2v) is 4.01.